The summed E-state index contributed by atoms with van der Waals surface area (Å²) in [5.74, 6) is -0.152. The third-order valence-electron chi connectivity index (χ3n) is 4.40. The van der Waals surface area contributed by atoms with E-state index in [-0.39, 0.29) is 11.8 Å². The minimum absolute atomic E-state index is 0.122. The number of rotatable bonds is 7. The summed E-state index contributed by atoms with van der Waals surface area (Å²) in [6.07, 6.45) is 4.13. The maximum absolute atomic E-state index is 12.2. The van der Waals surface area contributed by atoms with Gasteiger partial charge in [-0.15, -0.1) is 0 Å². The highest BCUT2D eigenvalue weighted by Gasteiger charge is 2.43. The number of carbonyl (C=O) groups is 2. The minimum Gasteiger partial charge on any atom is -0.480 e. The zero-order valence-electron chi connectivity index (χ0n) is 13.5. The molecule has 4 N–H and O–H groups in total. The Hall–Kier alpha value is -1.10. The highest BCUT2D eigenvalue weighted by Crippen LogP contribution is 2.32. The Morgan fingerprint density at radius 3 is 2.57 bits per heavy atom. The quantitative estimate of drug-likeness (QED) is 0.671. The van der Waals surface area contributed by atoms with Crippen molar-refractivity contribution in [1.82, 2.24) is 5.32 Å². The van der Waals surface area contributed by atoms with E-state index in [0.29, 0.717) is 37.6 Å². The van der Waals surface area contributed by atoms with Crippen LogP contribution in [0.25, 0.3) is 0 Å². The summed E-state index contributed by atoms with van der Waals surface area (Å²) in [6.45, 7) is 6.71. The molecule has 0 spiro atoms. The van der Waals surface area contributed by atoms with E-state index < -0.39 is 11.5 Å². The number of amides is 1. The summed E-state index contributed by atoms with van der Waals surface area (Å²) in [7, 11) is 0. The van der Waals surface area contributed by atoms with Crippen LogP contribution < -0.4 is 11.1 Å². The van der Waals surface area contributed by atoms with E-state index in [2.05, 4.69) is 19.2 Å². The molecule has 0 aromatic heterocycles. The molecular formula is C16H30N2O3. The number of carbonyl (C=O) groups excluding carboxylic acids is 1. The van der Waals surface area contributed by atoms with Crippen LogP contribution in [-0.2, 0) is 9.59 Å². The normalized spacial score (nSPS) is 27.4. The van der Waals surface area contributed by atoms with Crippen molar-refractivity contribution in [2.45, 2.75) is 64.8 Å². The fourth-order valence-corrected chi connectivity index (χ4v) is 3.42. The molecule has 1 fully saturated rings. The molecule has 5 nitrogen and oxygen atoms in total. The van der Waals surface area contributed by atoms with Gasteiger partial charge in [-0.1, -0.05) is 33.6 Å². The van der Waals surface area contributed by atoms with Gasteiger partial charge in [-0.25, -0.2) is 4.79 Å². The van der Waals surface area contributed by atoms with Crippen LogP contribution in [0.4, 0.5) is 0 Å². The van der Waals surface area contributed by atoms with E-state index in [9.17, 15) is 14.7 Å². The summed E-state index contributed by atoms with van der Waals surface area (Å²) in [5, 5.41) is 12.4. The van der Waals surface area contributed by atoms with Crippen molar-refractivity contribution in [2.75, 3.05) is 6.54 Å². The van der Waals surface area contributed by atoms with Crippen LogP contribution in [0.2, 0.25) is 0 Å². The predicted octanol–water partition coefficient (Wildman–Crippen LogP) is 2.15. The molecule has 0 heterocycles. The smallest absolute Gasteiger partial charge is 0.329 e. The molecule has 0 radical (unpaired) electrons. The number of carboxylic acids is 1. The fourth-order valence-electron chi connectivity index (χ4n) is 3.42. The van der Waals surface area contributed by atoms with Crippen LogP contribution in [0, 0.1) is 17.8 Å². The van der Waals surface area contributed by atoms with Crippen molar-refractivity contribution in [3.8, 4) is 0 Å². The van der Waals surface area contributed by atoms with Crippen molar-refractivity contribution >= 4 is 11.9 Å². The van der Waals surface area contributed by atoms with Crippen molar-refractivity contribution in [1.29, 1.82) is 0 Å². The molecule has 0 saturated heterocycles. The van der Waals surface area contributed by atoms with Gasteiger partial charge in [-0.2, -0.15) is 0 Å². The number of nitrogens with two attached hydrogens (primary N) is 1. The van der Waals surface area contributed by atoms with Crippen molar-refractivity contribution in [3.63, 3.8) is 0 Å². The first-order valence-corrected chi connectivity index (χ1v) is 8.03. The number of nitrogens with one attached hydrogen (secondary N) is 1. The molecule has 3 atom stereocenters. The fraction of sp³-hybridized carbons (Fsp3) is 0.875. The molecule has 0 aliphatic heterocycles. The van der Waals surface area contributed by atoms with Gasteiger partial charge in [-0.3, -0.25) is 4.79 Å². The van der Waals surface area contributed by atoms with E-state index in [4.69, 9.17) is 5.73 Å². The zero-order valence-corrected chi connectivity index (χ0v) is 13.5. The third-order valence-corrected chi connectivity index (χ3v) is 4.40. The number of hydrogen-bond acceptors (Lipinski definition) is 3. The maximum Gasteiger partial charge on any atom is 0.329 e. The lowest BCUT2D eigenvalue weighted by molar-refractivity contribution is -0.150. The van der Waals surface area contributed by atoms with Crippen molar-refractivity contribution < 1.29 is 14.7 Å². The third kappa shape index (κ3) is 5.30. The van der Waals surface area contributed by atoms with Gasteiger partial charge in [0.15, 0.2) is 0 Å². The largest absolute Gasteiger partial charge is 0.480 e. The molecule has 21 heavy (non-hydrogen) atoms. The van der Waals surface area contributed by atoms with E-state index in [0.717, 1.165) is 19.3 Å². The molecule has 5 heteroatoms. The standard InChI is InChI=1S/C16H30N2O3/c1-11(2)7-13(10-17)8-14(19)18-16(15(20)21)6-4-5-12(3)9-16/h11-13H,4-10,17H2,1-3H3,(H,18,19)(H,20,21). The summed E-state index contributed by atoms with van der Waals surface area (Å²) in [6, 6.07) is 0. The molecule has 3 unspecified atom stereocenters. The first-order chi connectivity index (χ1) is 9.79. The topological polar surface area (TPSA) is 92.4 Å². The average Bonchev–Trinajstić information content (AvgIpc) is 2.36. The molecule has 0 bridgehead atoms. The molecular weight excluding hydrogens is 268 g/mol. The molecule has 122 valence electrons. The van der Waals surface area contributed by atoms with E-state index in [1.54, 1.807) is 0 Å². The Morgan fingerprint density at radius 2 is 2.10 bits per heavy atom. The summed E-state index contributed by atoms with van der Waals surface area (Å²) >= 11 is 0. The van der Waals surface area contributed by atoms with Gasteiger partial charge >= 0.3 is 5.97 Å². The van der Waals surface area contributed by atoms with Crippen LogP contribution in [-0.4, -0.2) is 29.1 Å². The van der Waals surface area contributed by atoms with Crippen molar-refractivity contribution in [3.05, 3.63) is 0 Å². The van der Waals surface area contributed by atoms with Gasteiger partial charge in [0.2, 0.25) is 5.91 Å². The van der Waals surface area contributed by atoms with Gasteiger partial charge in [0.1, 0.15) is 5.54 Å². The lowest BCUT2D eigenvalue weighted by Gasteiger charge is -2.37. The van der Waals surface area contributed by atoms with Gasteiger partial charge in [0, 0.05) is 6.42 Å². The van der Waals surface area contributed by atoms with Gasteiger partial charge < -0.3 is 16.2 Å². The molecule has 1 aliphatic carbocycles. The predicted molar refractivity (Wildman–Crippen MR) is 82.8 cm³/mol. The van der Waals surface area contributed by atoms with E-state index >= 15 is 0 Å². The number of hydrogen-bond donors (Lipinski definition) is 3. The Morgan fingerprint density at radius 1 is 1.43 bits per heavy atom. The highest BCUT2D eigenvalue weighted by molar-refractivity contribution is 5.87. The Balaban J connectivity index is 2.66. The summed E-state index contributed by atoms with van der Waals surface area (Å²) < 4.78 is 0. The molecule has 1 amide bonds. The lowest BCUT2D eigenvalue weighted by Crippen LogP contribution is -2.57. The SMILES string of the molecule is CC(C)CC(CN)CC(=O)NC1(C(=O)O)CCCC(C)C1. The summed E-state index contributed by atoms with van der Waals surface area (Å²) in [4.78, 5) is 23.9. The van der Waals surface area contributed by atoms with Gasteiger partial charge in [0.05, 0.1) is 0 Å². The van der Waals surface area contributed by atoms with Crippen LogP contribution in [0.5, 0.6) is 0 Å². The monoisotopic (exact) mass is 298 g/mol. The Kier molecular flexibility index (Phi) is 6.65. The average molecular weight is 298 g/mol. The van der Waals surface area contributed by atoms with E-state index in [1.807, 2.05) is 6.92 Å². The van der Waals surface area contributed by atoms with Crippen LogP contribution in [0.15, 0.2) is 0 Å². The highest BCUT2D eigenvalue weighted by atomic mass is 16.4. The second-order valence-corrected chi connectivity index (χ2v) is 7.07. The molecule has 0 aromatic carbocycles. The Labute approximate surface area is 127 Å². The van der Waals surface area contributed by atoms with Gasteiger partial charge in [-0.05, 0) is 43.6 Å². The van der Waals surface area contributed by atoms with Crippen LogP contribution in [0.3, 0.4) is 0 Å². The molecule has 1 aliphatic rings. The summed E-state index contributed by atoms with van der Waals surface area (Å²) in [5.41, 5.74) is 4.64. The zero-order chi connectivity index (χ0) is 16.0. The second-order valence-electron chi connectivity index (χ2n) is 7.07. The first-order valence-electron chi connectivity index (χ1n) is 8.03. The van der Waals surface area contributed by atoms with Crippen molar-refractivity contribution in [2.24, 2.45) is 23.5 Å². The lowest BCUT2D eigenvalue weighted by atomic mass is 9.76. The number of aliphatic carboxylic acids is 1. The Bertz CT molecular complexity index is 371. The van der Waals surface area contributed by atoms with Gasteiger partial charge in [0.25, 0.3) is 0 Å². The first kappa shape index (κ1) is 18.0. The van der Waals surface area contributed by atoms with Crippen LogP contribution >= 0.6 is 0 Å². The molecule has 0 aromatic rings. The molecule has 1 rings (SSSR count). The second kappa shape index (κ2) is 7.78. The minimum atomic E-state index is -1.08. The molecule has 1 saturated carbocycles. The van der Waals surface area contributed by atoms with E-state index in [1.165, 1.54) is 0 Å². The number of carboxylic acid groups (broad SMARTS) is 1. The van der Waals surface area contributed by atoms with Crippen LogP contribution in [0.1, 0.15) is 59.3 Å². The maximum atomic E-state index is 12.2.